The van der Waals surface area contributed by atoms with Crippen LogP contribution in [0.1, 0.15) is 17.7 Å². The van der Waals surface area contributed by atoms with Crippen LogP contribution in [0.3, 0.4) is 0 Å². The van der Waals surface area contributed by atoms with E-state index in [0.29, 0.717) is 5.69 Å². The van der Waals surface area contributed by atoms with Gasteiger partial charge < -0.3 is 10.6 Å². The van der Waals surface area contributed by atoms with Crippen LogP contribution in [0, 0.1) is 5.95 Å². The Morgan fingerprint density at radius 3 is 3.09 bits per heavy atom. The smallest absolute Gasteiger partial charge is 0.319 e. The average Bonchev–Trinajstić information content (AvgIpc) is 3.03. The van der Waals surface area contributed by atoms with Gasteiger partial charge in [-0.3, -0.25) is 4.90 Å². The summed E-state index contributed by atoms with van der Waals surface area (Å²) in [5.74, 6) is -0.563. The van der Waals surface area contributed by atoms with Gasteiger partial charge in [0.1, 0.15) is 0 Å². The van der Waals surface area contributed by atoms with E-state index in [1.807, 2.05) is 0 Å². The molecule has 3 heterocycles. The molecule has 2 amide bonds. The van der Waals surface area contributed by atoms with E-state index >= 15 is 0 Å². The minimum atomic E-state index is -0.563. The quantitative estimate of drug-likeness (QED) is 0.845. The first-order valence-corrected chi connectivity index (χ1v) is 8.51. The number of piperidine rings is 1. The molecule has 1 aliphatic heterocycles. The van der Waals surface area contributed by atoms with Crippen molar-refractivity contribution in [2.75, 3.05) is 18.4 Å². The van der Waals surface area contributed by atoms with Crippen LogP contribution in [0.2, 0.25) is 0 Å². The fraction of sp³-hybridized carbons (Fsp3) is 0.375. The van der Waals surface area contributed by atoms with E-state index in [-0.39, 0.29) is 12.1 Å². The predicted octanol–water partition coefficient (Wildman–Crippen LogP) is 3.07. The fourth-order valence-corrected chi connectivity index (χ4v) is 3.49. The lowest BCUT2D eigenvalue weighted by Crippen LogP contribution is -2.48. The number of thiophene rings is 1. The number of nitrogens with zero attached hydrogens (tertiary/aromatic N) is 2. The Morgan fingerprint density at radius 2 is 2.35 bits per heavy atom. The molecule has 1 fully saturated rings. The summed E-state index contributed by atoms with van der Waals surface area (Å²) in [4.78, 5) is 19.2. The third-order valence-electron chi connectivity index (χ3n) is 3.79. The number of amides is 2. The average molecular weight is 334 g/mol. The van der Waals surface area contributed by atoms with Crippen molar-refractivity contribution in [2.45, 2.75) is 25.4 Å². The minimum Gasteiger partial charge on any atom is -0.334 e. The largest absolute Gasteiger partial charge is 0.334 e. The number of carbonyl (C=O) groups excluding carboxylic acids is 1. The molecule has 1 aliphatic rings. The molecule has 5 nitrogen and oxygen atoms in total. The first-order valence-electron chi connectivity index (χ1n) is 7.63. The number of anilines is 1. The van der Waals surface area contributed by atoms with Crippen molar-refractivity contribution < 1.29 is 9.18 Å². The lowest BCUT2D eigenvalue weighted by Gasteiger charge is -2.32. The van der Waals surface area contributed by atoms with Crippen LogP contribution < -0.4 is 10.6 Å². The Bertz CT molecular complexity index is 632. The molecule has 0 saturated carbocycles. The number of carbonyl (C=O) groups is 1. The van der Waals surface area contributed by atoms with Crippen LogP contribution in [0.4, 0.5) is 14.9 Å². The summed E-state index contributed by atoms with van der Waals surface area (Å²) in [6.45, 7) is 2.83. The number of rotatable bonds is 4. The first kappa shape index (κ1) is 15.9. The third kappa shape index (κ3) is 4.74. The second-order valence-corrected chi connectivity index (χ2v) is 6.65. The zero-order valence-electron chi connectivity index (χ0n) is 12.7. The van der Waals surface area contributed by atoms with E-state index in [1.165, 1.54) is 23.2 Å². The molecule has 0 spiro atoms. The van der Waals surface area contributed by atoms with Crippen molar-refractivity contribution in [2.24, 2.45) is 0 Å². The fourth-order valence-electron chi connectivity index (χ4n) is 2.74. The van der Waals surface area contributed by atoms with Gasteiger partial charge in [0.25, 0.3) is 0 Å². The number of pyridine rings is 1. The molecule has 0 aromatic carbocycles. The zero-order valence-corrected chi connectivity index (χ0v) is 13.5. The molecule has 7 heteroatoms. The molecular formula is C16H19FN4OS. The summed E-state index contributed by atoms with van der Waals surface area (Å²) < 4.78 is 12.8. The van der Waals surface area contributed by atoms with Crippen molar-refractivity contribution >= 4 is 23.1 Å². The van der Waals surface area contributed by atoms with E-state index in [9.17, 15) is 9.18 Å². The number of hydrogen-bond acceptors (Lipinski definition) is 4. The van der Waals surface area contributed by atoms with Crippen molar-refractivity contribution in [1.82, 2.24) is 15.2 Å². The lowest BCUT2D eigenvalue weighted by atomic mass is 10.1. The van der Waals surface area contributed by atoms with Gasteiger partial charge in [-0.1, -0.05) is 6.07 Å². The Balaban J connectivity index is 1.48. The van der Waals surface area contributed by atoms with E-state index in [4.69, 9.17) is 0 Å². The summed E-state index contributed by atoms with van der Waals surface area (Å²) in [6.07, 6.45) is 3.34. The minimum absolute atomic E-state index is 0.122. The topological polar surface area (TPSA) is 57.3 Å². The summed E-state index contributed by atoms with van der Waals surface area (Å²) in [5.41, 5.74) is 0.482. The molecular weight excluding hydrogens is 315 g/mol. The maximum Gasteiger partial charge on any atom is 0.319 e. The zero-order chi connectivity index (χ0) is 16.1. The predicted molar refractivity (Wildman–Crippen MR) is 89.0 cm³/mol. The van der Waals surface area contributed by atoms with Crippen LogP contribution >= 0.6 is 11.3 Å². The van der Waals surface area contributed by atoms with Gasteiger partial charge in [-0.15, -0.1) is 11.3 Å². The monoisotopic (exact) mass is 334 g/mol. The second kappa shape index (κ2) is 7.52. The first-order chi connectivity index (χ1) is 11.2. The SMILES string of the molecule is O=C(Nc1ccc(F)nc1)NC1CCCN(Cc2cccs2)C1. The Morgan fingerprint density at radius 1 is 1.43 bits per heavy atom. The van der Waals surface area contributed by atoms with E-state index in [0.717, 1.165) is 32.5 Å². The van der Waals surface area contributed by atoms with Crippen molar-refractivity contribution in [3.8, 4) is 0 Å². The molecule has 1 unspecified atom stereocenters. The third-order valence-corrected chi connectivity index (χ3v) is 4.65. The summed E-state index contributed by atoms with van der Waals surface area (Å²) >= 11 is 1.76. The maximum atomic E-state index is 12.8. The number of halogens is 1. The van der Waals surface area contributed by atoms with Gasteiger partial charge in [0.2, 0.25) is 5.95 Å². The molecule has 122 valence electrons. The van der Waals surface area contributed by atoms with Crippen LogP contribution in [-0.2, 0) is 6.54 Å². The highest BCUT2D eigenvalue weighted by Gasteiger charge is 2.21. The van der Waals surface area contributed by atoms with Gasteiger partial charge >= 0.3 is 6.03 Å². The molecule has 23 heavy (non-hydrogen) atoms. The Hall–Kier alpha value is -1.99. The number of aromatic nitrogens is 1. The molecule has 0 radical (unpaired) electrons. The van der Waals surface area contributed by atoms with Crippen LogP contribution in [0.25, 0.3) is 0 Å². The van der Waals surface area contributed by atoms with Gasteiger partial charge in [-0.25, -0.2) is 9.78 Å². The van der Waals surface area contributed by atoms with Crippen LogP contribution in [0.5, 0.6) is 0 Å². The van der Waals surface area contributed by atoms with Crippen LogP contribution in [-0.4, -0.2) is 35.0 Å². The maximum absolute atomic E-state index is 12.8. The Labute approximate surface area is 138 Å². The molecule has 1 atom stereocenters. The molecule has 1 saturated heterocycles. The molecule has 0 bridgehead atoms. The van der Waals surface area contributed by atoms with E-state index in [2.05, 4.69) is 38.0 Å². The number of likely N-dealkylation sites (tertiary alicyclic amines) is 1. The second-order valence-electron chi connectivity index (χ2n) is 5.62. The summed E-state index contributed by atoms with van der Waals surface area (Å²) in [5, 5.41) is 7.75. The van der Waals surface area contributed by atoms with Gasteiger partial charge in [0.15, 0.2) is 0 Å². The molecule has 3 rings (SSSR count). The van der Waals surface area contributed by atoms with Gasteiger partial charge in [0.05, 0.1) is 11.9 Å². The standard InChI is InChI=1S/C16H19FN4OS/c17-15-6-5-12(9-18-15)19-16(22)20-13-3-1-7-21(10-13)11-14-4-2-8-23-14/h2,4-6,8-9,13H,1,3,7,10-11H2,(H2,19,20,22). The van der Waals surface area contributed by atoms with Crippen molar-refractivity contribution in [3.05, 3.63) is 46.7 Å². The molecule has 2 aromatic heterocycles. The summed E-state index contributed by atoms with van der Waals surface area (Å²) in [6, 6.07) is 6.75. The number of nitrogens with one attached hydrogen (secondary N) is 2. The molecule has 2 aromatic rings. The Kier molecular flexibility index (Phi) is 5.19. The van der Waals surface area contributed by atoms with Crippen LogP contribution in [0.15, 0.2) is 35.8 Å². The molecule has 0 aliphatic carbocycles. The highest BCUT2D eigenvalue weighted by Crippen LogP contribution is 2.17. The van der Waals surface area contributed by atoms with Gasteiger partial charge in [0, 0.05) is 24.0 Å². The van der Waals surface area contributed by atoms with Gasteiger partial charge in [-0.2, -0.15) is 4.39 Å². The van der Waals surface area contributed by atoms with Gasteiger partial charge in [-0.05, 0) is 43.0 Å². The van der Waals surface area contributed by atoms with E-state index < -0.39 is 5.95 Å². The highest BCUT2D eigenvalue weighted by atomic mass is 32.1. The van der Waals surface area contributed by atoms with Crippen molar-refractivity contribution in [1.29, 1.82) is 0 Å². The lowest BCUT2D eigenvalue weighted by molar-refractivity contribution is 0.184. The molecule has 2 N–H and O–H groups in total. The van der Waals surface area contributed by atoms with E-state index in [1.54, 1.807) is 11.3 Å². The number of hydrogen-bond donors (Lipinski definition) is 2. The van der Waals surface area contributed by atoms with Crippen molar-refractivity contribution in [3.63, 3.8) is 0 Å². The summed E-state index contributed by atoms with van der Waals surface area (Å²) in [7, 11) is 0. The number of urea groups is 1. The highest BCUT2D eigenvalue weighted by molar-refractivity contribution is 7.09. The normalized spacial score (nSPS) is 18.6.